The zero-order chi connectivity index (χ0) is 12.1. The van der Waals surface area contributed by atoms with E-state index in [0.29, 0.717) is 11.9 Å². The van der Waals surface area contributed by atoms with E-state index < -0.39 is 0 Å². The van der Waals surface area contributed by atoms with Gasteiger partial charge in [-0.25, -0.2) is 10.8 Å². The zero-order valence-corrected chi connectivity index (χ0v) is 10.3. The molecule has 0 aliphatic carbocycles. The molecule has 1 fully saturated rings. The van der Waals surface area contributed by atoms with E-state index >= 15 is 0 Å². The highest BCUT2D eigenvalue weighted by atomic mass is 15.3. The highest BCUT2D eigenvalue weighted by Gasteiger charge is 2.18. The summed E-state index contributed by atoms with van der Waals surface area (Å²) < 4.78 is 0. The number of pyridine rings is 1. The predicted octanol–water partition coefficient (Wildman–Crippen LogP) is 1.26. The number of aromatic nitrogens is 1. The van der Waals surface area contributed by atoms with E-state index in [9.17, 15) is 0 Å². The standard InChI is InChI=1S/C12H21N5/c1-17-8-3-2-5-10(17)9-14-11-6-4-7-12(15-11)16-13/h4,6-7,10H,2-3,5,8-9,13H2,1H3,(H2,14,15,16). The second-order valence-electron chi connectivity index (χ2n) is 4.56. The van der Waals surface area contributed by atoms with Crippen LogP contribution in [0.25, 0.3) is 0 Å². The fourth-order valence-corrected chi connectivity index (χ4v) is 2.24. The number of nitrogens with two attached hydrogens (primary N) is 1. The number of hydrogen-bond acceptors (Lipinski definition) is 5. The maximum absolute atomic E-state index is 5.33. The molecule has 0 saturated carbocycles. The molecule has 2 heterocycles. The van der Waals surface area contributed by atoms with Gasteiger partial charge in [-0.2, -0.15) is 0 Å². The molecule has 1 atom stereocenters. The summed E-state index contributed by atoms with van der Waals surface area (Å²) in [5.74, 6) is 6.89. The van der Waals surface area contributed by atoms with Crippen LogP contribution in [-0.4, -0.2) is 36.1 Å². The minimum absolute atomic E-state index is 0.611. The van der Waals surface area contributed by atoms with Crippen molar-refractivity contribution in [3.05, 3.63) is 18.2 Å². The van der Waals surface area contributed by atoms with Gasteiger partial charge in [-0.3, -0.25) is 0 Å². The molecule has 1 unspecified atom stereocenters. The Labute approximate surface area is 102 Å². The van der Waals surface area contributed by atoms with Crippen LogP contribution in [0.1, 0.15) is 19.3 Å². The van der Waals surface area contributed by atoms with E-state index in [-0.39, 0.29) is 0 Å². The lowest BCUT2D eigenvalue weighted by atomic mass is 10.0. The van der Waals surface area contributed by atoms with Gasteiger partial charge in [0.1, 0.15) is 11.6 Å². The van der Waals surface area contributed by atoms with Crippen molar-refractivity contribution in [2.24, 2.45) is 5.84 Å². The lowest BCUT2D eigenvalue weighted by Crippen LogP contribution is -2.40. The van der Waals surface area contributed by atoms with E-state index in [0.717, 1.165) is 12.4 Å². The number of likely N-dealkylation sites (tertiary alicyclic amines) is 1. The van der Waals surface area contributed by atoms with Gasteiger partial charge < -0.3 is 15.6 Å². The zero-order valence-electron chi connectivity index (χ0n) is 10.3. The molecule has 17 heavy (non-hydrogen) atoms. The largest absolute Gasteiger partial charge is 0.368 e. The van der Waals surface area contributed by atoms with Crippen LogP contribution in [0.3, 0.4) is 0 Å². The fourth-order valence-electron chi connectivity index (χ4n) is 2.24. The molecule has 0 bridgehead atoms. The first-order valence-corrected chi connectivity index (χ1v) is 6.17. The van der Waals surface area contributed by atoms with Crippen LogP contribution in [0.2, 0.25) is 0 Å². The van der Waals surface area contributed by atoms with Crippen LogP contribution < -0.4 is 16.6 Å². The van der Waals surface area contributed by atoms with Gasteiger partial charge >= 0.3 is 0 Å². The van der Waals surface area contributed by atoms with Gasteiger partial charge in [-0.15, -0.1) is 0 Å². The summed E-state index contributed by atoms with van der Waals surface area (Å²) in [7, 11) is 2.19. The number of hydrogen-bond donors (Lipinski definition) is 3. The normalized spacial score (nSPS) is 21.2. The second kappa shape index (κ2) is 5.84. The Hall–Kier alpha value is -1.33. The number of rotatable bonds is 4. The third kappa shape index (κ3) is 3.31. The molecule has 0 radical (unpaired) electrons. The highest BCUT2D eigenvalue weighted by molar-refractivity contribution is 5.44. The van der Waals surface area contributed by atoms with Crippen LogP contribution >= 0.6 is 0 Å². The molecule has 1 aliphatic heterocycles. The van der Waals surface area contributed by atoms with Crippen molar-refractivity contribution in [3.8, 4) is 0 Å². The Balaban J connectivity index is 1.88. The third-order valence-electron chi connectivity index (χ3n) is 3.34. The number of nitrogens with zero attached hydrogens (tertiary/aromatic N) is 2. The van der Waals surface area contributed by atoms with E-state index in [1.165, 1.54) is 25.8 Å². The molecule has 0 spiro atoms. The SMILES string of the molecule is CN1CCCCC1CNc1cccc(NN)n1. The van der Waals surface area contributed by atoms with E-state index in [1.807, 2.05) is 18.2 Å². The summed E-state index contributed by atoms with van der Waals surface area (Å²) in [5, 5.41) is 3.37. The summed E-state index contributed by atoms with van der Waals surface area (Å²) >= 11 is 0. The lowest BCUT2D eigenvalue weighted by Gasteiger charge is -2.32. The summed E-state index contributed by atoms with van der Waals surface area (Å²) in [6, 6.07) is 6.36. The number of nitrogen functional groups attached to an aromatic ring is 1. The summed E-state index contributed by atoms with van der Waals surface area (Å²) in [6.45, 7) is 2.14. The van der Waals surface area contributed by atoms with Crippen molar-refractivity contribution in [3.63, 3.8) is 0 Å². The van der Waals surface area contributed by atoms with Gasteiger partial charge in [-0.05, 0) is 38.6 Å². The highest BCUT2D eigenvalue weighted by Crippen LogP contribution is 2.16. The van der Waals surface area contributed by atoms with E-state index in [2.05, 4.69) is 27.7 Å². The monoisotopic (exact) mass is 235 g/mol. The quantitative estimate of drug-likeness (QED) is 0.541. The first kappa shape index (κ1) is 12.1. The average molecular weight is 235 g/mol. The smallest absolute Gasteiger partial charge is 0.142 e. The average Bonchev–Trinajstić information content (AvgIpc) is 2.38. The number of nitrogens with one attached hydrogen (secondary N) is 2. The van der Waals surface area contributed by atoms with Gasteiger partial charge in [0.15, 0.2) is 0 Å². The molecular weight excluding hydrogens is 214 g/mol. The number of piperidine rings is 1. The summed E-state index contributed by atoms with van der Waals surface area (Å²) in [6.07, 6.45) is 3.91. The van der Waals surface area contributed by atoms with Crippen molar-refractivity contribution < 1.29 is 0 Å². The molecule has 0 amide bonds. The molecule has 5 heteroatoms. The Kier molecular flexibility index (Phi) is 4.17. The first-order valence-electron chi connectivity index (χ1n) is 6.17. The molecule has 0 aromatic carbocycles. The molecule has 5 nitrogen and oxygen atoms in total. The van der Waals surface area contributed by atoms with Gasteiger partial charge in [-0.1, -0.05) is 12.5 Å². The van der Waals surface area contributed by atoms with Crippen molar-refractivity contribution >= 4 is 11.6 Å². The van der Waals surface area contributed by atoms with Gasteiger partial charge in [0.2, 0.25) is 0 Å². The number of anilines is 2. The molecule has 1 saturated heterocycles. The van der Waals surface area contributed by atoms with E-state index in [1.54, 1.807) is 0 Å². The Morgan fingerprint density at radius 3 is 3.00 bits per heavy atom. The summed E-state index contributed by atoms with van der Waals surface area (Å²) in [4.78, 5) is 6.75. The maximum atomic E-state index is 5.33. The second-order valence-corrected chi connectivity index (χ2v) is 4.56. The molecule has 2 rings (SSSR count). The molecule has 1 aliphatic rings. The minimum atomic E-state index is 0.611. The molecular formula is C12H21N5. The van der Waals surface area contributed by atoms with Crippen LogP contribution in [0.15, 0.2) is 18.2 Å². The van der Waals surface area contributed by atoms with Crippen LogP contribution in [0.4, 0.5) is 11.6 Å². The van der Waals surface area contributed by atoms with E-state index in [4.69, 9.17) is 5.84 Å². The molecule has 1 aromatic heterocycles. The van der Waals surface area contributed by atoms with Crippen molar-refractivity contribution in [1.29, 1.82) is 0 Å². The van der Waals surface area contributed by atoms with Crippen molar-refractivity contribution in [2.75, 3.05) is 30.9 Å². The van der Waals surface area contributed by atoms with Gasteiger partial charge in [0.05, 0.1) is 0 Å². The minimum Gasteiger partial charge on any atom is -0.368 e. The fraction of sp³-hybridized carbons (Fsp3) is 0.583. The van der Waals surface area contributed by atoms with Crippen molar-refractivity contribution in [2.45, 2.75) is 25.3 Å². The molecule has 94 valence electrons. The van der Waals surface area contributed by atoms with Crippen molar-refractivity contribution in [1.82, 2.24) is 9.88 Å². The summed E-state index contributed by atoms with van der Waals surface area (Å²) in [5.41, 5.74) is 2.55. The van der Waals surface area contributed by atoms with Gasteiger partial charge in [0.25, 0.3) is 0 Å². The number of hydrazine groups is 1. The number of likely N-dealkylation sites (N-methyl/N-ethyl adjacent to an activating group) is 1. The Morgan fingerprint density at radius 1 is 1.41 bits per heavy atom. The Bertz CT molecular complexity index is 355. The lowest BCUT2D eigenvalue weighted by molar-refractivity contribution is 0.194. The topological polar surface area (TPSA) is 66.2 Å². The third-order valence-corrected chi connectivity index (χ3v) is 3.34. The van der Waals surface area contributed by atoms with Crippen LogP contribution in [0, 0.1) is 0 Å². The Morgan fingerprint density at radius 2 is 2.24 bits per heavy atom. The van der Waals surface area contributed by atoms with Crippen LogP contribution in [0.5, 0.6) is 0 Å². The maximum Gasteiger partial charge on any atom is 0.142 e. The van der Waals surface area contributed by atoms with Crippen LogP contribution in [-0.2, 0) is 0 Å². The molecule has 1 aromatic rings. The predicted molar refractivity (Wildman–Crippen MR) is 70.8 cm³/mol. The van der Waals surface area contributed by atoms with Gasteiger partial charge in [0, 0.05) is 12.6 Å². The first-order chi connectivity index (χ1) is 8.29. The molecule has 4 N–H and O–H groups in total.